The van der Waals surface area contributed by atoms with Gasteiger partial charge in [-0.2, -0.15) is 0 Å². The van der Waals surface area contributed by atoms with Crippen molar-refractivity contribution < 1.29 is 4.79 Å². The number of nitrogens with one attached hydrogen (secondary N) is 1. The van der Waals surface area contributed by atoms with Gasteiger partial charge in [0.15, 0.2) is 0 Å². The molecule has 1 rings (SSSR count). The molecule has 0 fully saturated rings. The lowest BCUT2D eigenvalue weighted by atomic mass is 9.99. The standard InChI is InChI=1S/C14H24N2O/c1-6-10(2)7-8-12(4)16-9-11(3)13(5)15-14(16)17/h9-10,12H,5-8H2,1-4H3,(H,15,17). The highest BCUT2D eigenvalue weighted by Gasteiger charge is 2.23. The molecular weight excluding hydrogens is 212 g/mol. The zero-order valence-electron chi connectivity index (χ0n) is 11.4. The molecule has 1 N–H and O–H groups in total. The molecule has 0 aromatic carbocycles. The highest BCUT2D eigenvalue weighted by atomic mass is 16.2. The summed E-state index contributed by atoms with van der Waals surface area (Å²) in [5, 5.41) is 2.79. The second kappa shape index (κ2) is 5.89. The van der Waals surface area contributed by atoms with E-state index in [4.69, 9.17) is 0 Å². The summed E-state index contributed by atoms with van der Waals surface area (Å²) < 4.78 is 0. The molecule has 0 aromatic rings. The molecule has 1 aliphatic heterocycles. The minimum Gasteiger partial charge on any atom is -0.308 e. The first kappa shape index (κ1) is 13.8. The molecule has 3 heteroatoms. The van der Waals surface area contributed by atoms with Crippen molar-refractivity contribution in [2.45, 2.75) is 53.0 Å². The van der Waals surface area contributed by atoms with Crippen LogP contribution in [0.3, 0.4) is 0 Å². The third-order valence-corrected chi connectivity index (χ3v) is 3.55. The maximum absolute atomic E-state index is 11.8. The second-order valence-electron chi connectivity index (χ2n) is 5.07. The molecule has 1 heterocycles. The van der Waals surface area contributed by atoms with Crippen LogP contribution < -0.4 is 5.32 Å². The smallest absolute Gasteiger partial charge is 0.308 e. The first-order valence-corrected chi connectivity index (χ1v) is 6.42. The Balaban J connectivity index is 2.59. The van der Waals surface area contributed by atoms with Crippen LogP contribution in [-0.4, -0.2) is 17.0 Å². The van der Waals surface area contributed by atoms with Crippen molar-refractivity contribution in [1.82, 2.24) is 10.2 Å². The molecule has 0 saturated heterocycles. The van der Waals surface area contributed by atoms with E-state index in [-0.39, 0.29) is 12.1 Å². The summed E-state index contributed by atoms with van der Waals surface area (Å²) in [6.07, 6.45) is 5.31. The van der Waals surface area contributed by atoms with E-state index in [2.05, 4.69) is 32.7 Å². The molecule has 3 nitrogen and oxygen atoms in total. The van der Waals surface area contributed by atoms with E-state index in [1.807, 2.05) is 13.1 Å². The van der Waals surface area contributed by atoms with Crippen molar-refractivity contribution in [2.24, 2.45) is 5.92 Å². The number of carbonyl (C=O) groups is 1. The highest BCUT2D eigenvalue weighted by Crippen LogP contribution is 2.19. The van der Waals surface area contributed by atoms with Gasteiger partial charge in [-0.25, -0.2) is 4.79 Å². The van der Waals surface area contributed by atoms with Gasteiger partial charge in [0.1, 0.15) is 0 Å². The van der Waals surface area contributed by atoms with Gasteiger partial charge in [-0.05, 0) is 38.2 Å². The van der Waals surface area contributed by atoms with E-state index in [0.29, 0.717) is 5.70 Å². The van der Waals surface area contributed by atoms with Crippen LogP contribution in [-0.2, 0) is 0 Å². The van der Waals surface area contributed by atoms with Gasteiger partial charge in [0.25, 0.3) is 0 Å². The van der Waals surface area contributed by atoms with Crippen molar-refractivity contribution in [1.29, 1.82) is 0 Å². The summed E-state index contributed by atoms with van der Waals surface area (Å²) in [7, 11) is 0. The monoisotopic (exact) mass is 236 g/mol. The Bertz CT molecular complexity index is 333. The van der Waals surface area contributed by atoms with Crippen LogP contribution in [0.1, 0.15) is 47.0 Å². The molecule has 0 aliphatic carbocycles. The maximum Gasteiger partial charge on any atom is 0.326 e. The molecule has 0 bridgehead atoms. The average molecular weight is 236 g/mol. The van der Waals surface area contributed by atoms with Crippen LogP contribution >= 0.6 is 0 Å². The van der Waals surface area contributed by atoms with Gasteiger partial charge >= 0.3 is 6.03 Å². The van der Waals surface area contributed by atoms with E-state index < -0.39 is 0 Å². The number of hydrogen-bond donors (Lipinski definition) is 1. The molecule has 0 spiro atoms. The molecule has 0 radical (unpaired) electrons. The van der Waals surface area contributed by atoms with Gasteiger partial charge in [0, 0.05) is 17.9 Å². The van der Waals surface area contributed by atoms with Gasteiger partial charge in [-0.1, -0.05) is 26.8 Å². The van der Waals surface area contributed by atoms with Gasteiger partial charge in [-0.15, -0.1) is 0 Å². The first-order chi connectivity index (χ1) is 7.95. The number of rotatable bonds is 5. The molecule has 0 aromatic heterocycles. The van der Waals surface area contributed by atoms with Gasteiger partial charge in [0.05, 0.1) is 0 Å². The number of carbonyl (C=O) groups excluding carboxylic acids is 1. The molecule has 2 atom stereocenters. The van der Waals surface area contributed by atoms with Crippen molar-refractivity contribution in [2.75, 3.05) is 0 Å². The largest absolute Gasteiger partial charge is 0.326 e. The minimum atomic E-state index is -0.0581. The molecule has 2 amide bonds. The Kier molecular flexibility index (Phi) is 4.79. The van der Waals surface area contributed by atoms with Crippen molar-refractivity contribution in [3.63, 3.8) is 0 Å². The third-order valence-electron chi connectivity index (χ3n) is 3.55. The Morgan fingerprint density at radius 3 is 2.65 bits per heavy atom. The van der Waals surface area contributed by atoms with Gasteiger partial charge in [-0.3, -0.25) is 4.90 Å². The minimum absolute atomic E-state index is 0.0581. The predicted octanol–water partition coefficient (Wildman–Crippen LogP) is 3.64. The average Bonchev–Trinajstić information content (AvgIpc) is 2.30. The quantitative estimate of drug-likeness (QED) is 0.776. The summed E-state index contributed by atoms with van der Waals surface area (Å²) >= 11 is 0. The second-order valence-corrected chi connectivity index (χ2v) is 5.07. The lowest BCUT2D eigenvalue weighted by Gasteiger charge is -2.31. The summed E-state index contributed by atoms with van der Waals surface area (Å²) in [6.45, 7) is 12.3. The molecule has 0 saturated carbocycles. The van der Waals surface area contributed by atoms with Crippen molar-refractivity contribution in [3.05, 3.63) is 24.0 Å². The SMILES string of the molecule is C=C1NC(=O)N(C(C)CCC(C)CC)C=C1C. The Hall–Kier alpha value is -1.25. The zero-order valence-corrected chi connectivity index (χ0v) is 11.4. The molecule has 2 unspecified atom stereocenters. The van der Waals surface area contributed by atoms with E-state index in [9.17, 15) is 4.79 Å². The van der Waals surface area contributed by atoms with E-state index >= 15 is 0 Å². The Labute approximate surface area is 105 Å². The lowest BCUT2D eigenvalue weighted by Crippen LogP contribution is -2.44. The van der Waals surface area contributed by atoms with Crippen LogP contribution in [0, 0.1) is 5.92 Å². The molecule has 17 heavy (non-hydrogen) atoms. The Morgan fingerprint density at radius 2 is 2.06 bits per heavy atom. The van der Waals surface area contributed by atoms with Gasteiger partial charge < -0.3 is 5.32 Å². The van der Waals surface area contributed by atoms with E-state index in [1.165, 1.54) is 6.42 Å². The number of urea groups is 1. The number of allylic oxidation sites excluding steroid dienone is 1. The Morgan fingerprint density at radius 1 is 1.41 bits per heavy atom. The molecule has 1 aliphatic rings. The topological polar surface area (TPSA) is 32.3 Å². The van der Waals surface area contributed by atoms with Crippen LogP contribution in [0.15, 0.2) is 24.0 Å². The number of amides is 2. The normalized spacial score (nSPS) is 19.8. The fourth-order valence-electron chi connectivity index (χ4n) is 1.83. The highest BCUT2D eigenvalue weighted by molar-refractivity contribution is 5.80. The maximum atomic E-state index is 11.8. The first-order valence-electron chi connectivity index (χ1n) is 6.42. The van der Waals surface area contributed by atoms with Crippen LogP contribution in [0.5, 0.6) is 0 Å². The van der Waals surface area contributed by atoms with E-state index in [1.54, 1.807) is 4.90 Å². The summed E-state index contributed by atoms with van der Waals surface area (Å²) in [5.41, 5.74) is 1.74. The van der Waals surface area contributed by atoms with E-state index in [0.717, 1.165) is 24.3 Å². The van der Waals surface area contributed by atoms with Crippen LogP contribution in [0.25, 0.3) is 0 Å². The van der Waals surface area contributed by atoms with Crippen LogP contribution in [0.4, 0.5) is 4.79 Å². The van der Waals surface area contributed by atoms with Crippen molar-refractivity contribution in [3.8, 4) is 0 Å². The fourth-order valence-corrected chi connectivity index (χ4v) is 1.83. The number of nitrogens with zero attached hydrogens (tertiary/aromatic N) is 1. The zero-order chi connectivity index (χ0) is 13.0. The predicted molar refractivity (Wildman–Crippen MR) is 71.4 cm³/mol. The van der Waals surface area contributed by atoms with Crippen molar-refractivity contribution >= 4 is 6.03 Å². The van der Waals surface area contributed by atoms with Crippen LogP contribution in [0.2, 0.25) is 0 Å². The molecule has 96 valence electrons. The summed E-state index contributed by atoms with van der Waals surface area (Å²) in [6, 6.07) is 0.185. The fraction of sp³-hybridized carbons (Fsp3) is 0.643. The summed E-state index contributed by atoms with van der Waals surface area (Å²) in [4.78, 5) is 13.6. The number of hydrogen-bond acceptors (Lipinski definition) is 1. The third kappa shape index (κ3) is 3.62. The lowest BCUT2D eigenvalue weighted by molar-refractivity contribution is 0.198. The molecular formula is C14H24N2O. The van der Waals surface area contributed by atoms with Gasteiger partial charge in [0.2, 0.25) is 0 Å². The summed E-state index contributed by atoms with van der Waals surface area (Å²) in [5.74, 6) is 0.727.